The molecule has 0 aliphatic rings. The van der Waals surface area contributed by atoms with Gasteiger partial charge in [0.15, 0.2) is 5.92 Å². The molecule has 25 heavy (non-hydrogen) atoms. The Morgan fingerprint density at radius 1 is 1.04 bits per heavy atom. The lowest BCUT2D eigenvalue weighted by atomic mass is 10.1. The van der Waals surface area contributed by atoms with Crippen molar-refractivity contribution in [1.82, 2.24) is 0 Å². The molecule has 0 heterocycles. The van der Waals surface area contributed by atoms with E-state index in [9.17, 15) is 14.4 Å². The minimum Gasteiger partial charge on any atom is -0.465 e. The van der Waals surface area contributed by atoms with E-state index in [-0.39, 0.29) is 36.1 Å². The highest BCUT2D eigenvalue weighted by atomic mass is 35.5. The van der Waals surface area contributed by atoms with Gasteiger partial charge in [0, 0.05) is 6.21 Å². The molecule has 0 atom stereocenters. The van der Waals surface area contributed by atoms with Gasteiger partial charge in [0.1, 0.15) is 0 Å². The number of nitrogens with zero attached hydrogens (tertiary/aromatic N) is 1. The van der Waals surface area contributed by atoms with Gasteiger partial charge in [0.05, 0.1) is 36.1 Å². The van der Waals surface area contributed by atoms with Crippen molar-refractivity contribution in [3.63, 3.8) is 0 Å². The maximum absolute atomic E-state index is 11.9. The zero-order valence-electron chi connectivity index (χ0n) is 14.3. The van der Waals surface area contributed by atoms with Crippen molar-refractivity contribution in [2.75, 3.05) is 19.8 Å². The third kappa shape index (κ3) is 5.86. The molecule has 7 nitrogen and oxygen atoms in total. The normalized spacial score (nSPS) is 10.8. The van der Waals surface area contributed by atoms with Crippen LogP contribution in [0.1, 0.15) is 31.1 Å². The summed E-state index contributed by atoms with van der Waals surface area (Å²) in [5, 5.41) is 0.0590. The van der Waals surface area contributed by atoms with Crippen molar-refractivity contribution in [1.29, 1.82) is 0 Å². The summed E-state index contributed by atoms with van der Waals surface area (Å²) in [4.78, 5) is 39.7. The van der Waals surface area contributed by atoms with Crippen LogP contribution in [0.3, 0.4) is 0 Å². The van der Waals surface area contributed by atoms with E-state index in [0.29, 0.717) is 0 Å². The number of benzene rings is 1. The summed E-state index contributed by atoms with van der Waals surface area (Å²) in [6.45, 7) is 5.35. The number of ether oxygens (including phenoxy) is 3. The predicted molar refractivity (Wildman–Crippen MR) is 92.3 cm³/mol. The second-order valence-electron chi connectivity index (χ2n) is 4.62. The quantitative estimate of drug-likeness (QED) is 0.303. The number of rotatable bonds is 8. The zero-order chi connectivity index (χ0) is 18.8. The fourth-order valence-electron chi connectivity index (χ4n) is 1.82. The summed E-state index contributed by atoms with van der Waals surface area (Å²) in [6.07, 6.45) is 1.09. The third-order valence-electron chi connectivity index (χ3n) is 2.92. The van der Waals surface area contributed by atoms with E-state index in [1.807, 2.05) is 0 Å². The second-order valence-corrected chi connectivity index (χ2v) is 5.00. The average molecular weight is 370 g/mol. The number of carbonyl (C=O) groups is 3. The molecule has 0 saturated carbocycles. The van der Waals surface area contributed by atoms with Crippen LogP contribution in [0.15, 0.2) is 23.2 Å². The maximum atomic E-state index is 11.9. The molecular weight excluding hydrogens is 350 g/mol. The minimum absolute atomic E-state index is 0.0590. The van der Waals surface area contributed by atoms with E-state index >= 15 is 0 Å². The van der Waals surface area contributed by atoms with Crippen LogP contribution in [0.5, 0.6) is 0 Å². The molecule has 1 aromatic carbocycles. The fourth-order valence-corrected chi connectivity index (χ4v) is 2.07. The molecular formula is C17H20ClNO6. The first-order chi connectivity index (χ1) is 12.0. The molecule has 0 fully saturated rings. The highest BCUT2D eigenvalue weighted by molar-refractivity contribution is 6.36. The molecule has 0 N–H and O–H groups in total. The monoisotopic (exact) mass is 369 g/mol. The SMILES string of the molecule is CCOC(=O)c1cccc(N=CC(C(=O)OCC)C(=O)OCC)c1Cl. The maximum Gasteiger partial charge on any atom is 0.339 e. The van der Waals surface area contributed by atoms with Gasteiger partial charge in [-0.25, -0.2) is 4.79 Å². The molecule has 0 saturated heterocycles. The Bertz CT molecular complexity index is 641. The Morgan fingerprint density at radius 2 is 1.60 bits per heavy atom. The topological polar surface area (TPSA) is 91.3 Å². The Balaban J connectivity index is 3.10. The molecule has 8 heteroatoms. The second kappa shape index (κ2) is 10.5. The molecule has 0 aliphatic carbocycles. The molecule has 1 aromatic rings. The summed E-state index contributed by atoms with van der Waals surface area (Å²) in [7, 11) is 0. The standard InChI is InChI=1S/C17H20ClNO6/c1-4-23-15(20)11-8-7-9-13(14(11)18)19-10-12(16(21)24-5-2)17(22)25-6-3/h7-10,12H,4-6H2,1-3H3. The molecule has 1 rings (SSSR count). The van der Waals surface area contributed by atoms with Crippen LogP contribution in [0.4, 0.5) is 5.69 Å². The summed E-state index contributed by atoms with van der Waals surface area (Å²) in [5.41, 5.74) is 0.354. The van der Waals surface area contributed by atoms with Gasteiger partial charge in [-0.2, -0.15) is 0 Å². The Morgan fingerprint density at radius 3 is 2.12 bits per heavy atom. The predicted octanol–water partition coefficient (Wildman–Crippen LogP) is 2.96. The summed E-state index contributed by atoms with van der Waals surface area (Å²) < 4.78 is 14.6. The van der Waals surface area contributed by atoms with Crippen molar-refractivity contribution in [2.24, 2.45) is 10.9 Å². The number of hydrogen-bond acceptors (Lipinski definition) is 7. The van der Waals surface area contributed by atoms with Crippen molar-refractivity contribution in [3.8, 4) is 0 Å². The number of hydrogen-bond donors (Lipinski definition) is 0. The van der Waals surface area contributed by atoms with Gasteiger partial charge in [-0.15, -0.1) is 0 Å². The minimum atomic E-state index is -1.32. The smallest absolute Gasteiger partial charge is 0.339 e. The lowest BCUT2D eigenvalue weighted by Crippen LogP contribution is -2.29. The van der Waals surface area contributed by atoms with Crippen LogP contribution < -0.4 is 0 Å². The average Bonchev–Trinajstić information content (AvgIpc) is 2.57. The molecule has 0 radical (unpaired) electrons. The van der Waals surface area contributed by atoms with Crippen LogP contribution in [0.2, 0.25) is 5.02 Å². The van der Waals surface area contributed by atoms with Crippen LogP contribution >= 0.6 is 11.6 Å². The van der Waals surface area contributed by atoms with E-state index < -0.39 is 23.8 Å². The first-order valence-electron chi connectivity index (χ1n) is 7.79. The highest BCUT2D eigenvalue weighted by Gasteiger charge is 2.28. The summed E-state index contributed by atoms with van der Waals surface area (Å²) in [6, 6.07) is 4.59. The van der Waals surface area contributed by atoms with Crippen LogP contribution in [-0.4, -0.2) is 43.9 Å². The summed E-state index contributed by atoms with van der Waals surface area (Å²) >= 11 is 6.16. The lowest BCUT2D eigenvalue weighted by Gasteiger charge is -2.10. The fraction of sp³-hybridized carbons (Fsp3) is 0.412. The highest BCUT2D eigenvalue weighted by Crippen LogP contribution is 2.29. The van der Waals surface area contributed by atoms with E-state index in [0.717, 1.165) is 6.21 Å². The first kappa shape index (κ1) is 20.6. The molecule has 0 unspecified atom stereocenters. The Hall–Kier alpha value is -2.41. The van der Waals surface area contributed by atoms with Gasteiger partial charge < -0.3 is 14.2 Å². The van der Waals surface area contributed by atoms with E-state index in [4.69, 9.17) is 25.8 Å². The largest absolute Gasteiger partial charge is 0.465 e. The van der Waals surface area contributed by atoms with Crippen molar-refractivity contribution >= 4 is 41.4 Å². The molecule has 0 aromatic heterocycles. The molecule has 0 aliphatic heterocycles. The summed E-state index contributed by atoms with van der Waals surface area (Å²) in [5.74, 6) is -3.45. The van der Waals surface area contributed by atoms with Crippen LogP contribution in [0.25, 0.3) is 0 Å². The van der Waals surface area contributed by atoms with Gasteiger partial charge in [0.2, 0.25) is 0 Å². The van der Waals surface area contributed by atoms with Crippen molar-refractivity contribution < 1.29 is 28.6 Å². The third-order valence-corrected chi connectivity index (χ3v) is 3.31. The molecule has 0 spiro atoms. The van der Waals surface area contributed by atoms with Gasteiger partial charge >= 0.3 is 17.9 Å². The number of halogens is 1. The van der Waals surface area contributed by atoms with Gasteiger partial charge in [-0.1, -0.05) is 17.7 Å². The van der Waals surface area contributed by atoms with E-state index in [1.165, 1.54) is 12.1 Å². The number of esters is 3. The van der Waals surface area contributed by atoms with Crippen LogP contribution in [0, 0.1) is 5.92 Å². The van der Waals surface area contributed by atoms with Gasteiger partial charge in [-0.05, 0) is 32.9 Å². The molecule has 0 bridgehead atoms. The Kier molecular flexibility index (Phi) is 8.63. The molecule has 0 amide bonds. The first-order valence-corrected chi connectivity index (χ1v) is 8.17. The number of carbonyl (C=O) groups excluding carboxylic acids is 3. The van der Waals surface area contributed by atoms with Crippen molar-refractivity contribution in [3.05, 3.63) is 28.8 Å². The molecule has 136 valence electrons. The van der Waals surface area contributed by atoms with Crippen LogP contribution in [-0.2, 0) is 23.8 Å². The van der Waals surface area contributed by atoms with Gasteiger partial charge in [0.25, 0.3) is 0 Å². The van der Waals surface area contributed by atoms with E-state index in [1.54, 1.807) is 26.8 Å². The number of aliphatic imine (C=N–C) groups is 1. The van der Waals surface area contributed by atoms with Crippen molar-refractivity contribution in [2.45, 2.75) is 20.8 Å². The van der Waals surface area contributed by atoms with Gasteiger partial charge in [-0.3, -0.25) is 14.6 Å². The lowest BCUT2D eigenvalue weighted by molar-refractivity contribution is -0.157. The Labute approximate surface area is 150 Å². The zero-order valence-corrected chi connectivity index (χ0v) is 15.0. The van der Waals surface area contributed by atoms with E-state index in [2.05, 4.69) is 4.99 Å².